The summed E-state index contributed by atoms with van der Waals surface area (Å²) in [6.07, 6.45) is 6.96. The average molecular weight is 303 g/mol. The van der Waals surface area contributed by atoms with Crippen LogP contribution in [0, 0.1) is 12.3 Å². The Morgan fingerprint density at radius 2 is 2.15 bits per heavy atom. The van der Waals surface area contributed by atoms with Gasteiger partial charge in [0.1, 0.15) is 16.7 Å². The number of hydrogen-bond acceptors (Lipinski definition) is 4. The van der Waals surface area contributed by atoms with Crippen molar-refractivity contribution in [3.05, 3.63) is 34.7 Å². The number of rotatable bonds is 4. The molecule has 1 aromatic rings. The van der Waals surface area contributed by atoms with Crippen molar-refractivity contribution in [3.8, 4) is 18.1 Å². The fourth-order valence-electron chi connectivity index (χ4n) is 1.71. The molecule has 1 heterocycles. The number of ether oxygens (including phenoxy) is 1. The van der Waals surface area contributed by atoms with E-state index in [0.29, 0.717) is 21.5 Å². The third kappa shape index (κ3) is 3.21. The highest BCUT2D eigenvalue weighted by molar-refractivity contribution is 8.26. The van der Waals surface area contributed by atoms with E-state index >= 15 is 0 Å². The van der Waals surface area contributed by atoms with Crippen LogP contribution in [0.2, 0.25) is 0 Å². The topological polar surface area (TPSA) is 29.5 Å². The Morgan fingerprint density at radius 1 is 1.45 bits per heavy atom. The number of carbonyl (C=O) groups is 1. The fraction of sp³-hybridized carbons (Fsp3) is 0.200. The summed E-state index contributed by atoms with van der Waals surface area (Å²) >= 11 is 6.50. The van der Waals surface area contributed by atoms with Gasteiger partial charge in [-0.1, -0.05) is 42.0 Å². The molecule has 20 heavy (non-hydrogen) atoms. The number of nitrogens with zero attached hydrogens (tertiary/aromatic N) is 1. The zero-order valence-electron chi connectivity index (χ0n) is 11.0. The maximum atomic E-state index is 12.1. The molecule has 0 aliphatic carbocycles. The van der Waals surface area contributed by atoms with Gasteiger partial charge in [-0.25, -0.2) is 0 Å². The van der Waals surface area contributed by atoms with Crippen LogP contribution in [0.15, 0.2) is 29.2 Å². The van der Waals surface area contributed by atoms with E-state index in [1.807, 2.05) is 37.3 Å². The number of hydrogen-bond donors (Lipinski definition) is 0. The van der Waals surface area contributed by atoms with Gasteiger partial charge in [0.05, 0.1) is 4.91 Å². The van der Waals surface area contributed by atoms with E-state index in [2.05, 4.69) is 5.92 Å². The zero-order valence-corrected chi connectivity index (χ0v) is 12.6. The van der Waals surface area contributed by atoms with Crippen molar-refractivity contribution >= 4 is 40.3 Å². The molecule has 0 radical (unpaired) electrons. The summed E-state index contributed by atoms with van der Waals surface area (Å²) in [6, 6.07) is 7.40. The second kappa shape index (κ2) is 6.60. The highest BCUT2D eigenvalue weighted by Gasteiger charge is 2.30. The number of amides is 1. The summed E-state index contributed by atoms with van der Waals surface area (Å²) < 4.78 is 5.90. The van der Waals surface area contributed by atoms with Crippen LogP contribution in [-0.2, 0) is 4.79 Å². The number of benzene rings is 1. The molecule has 1 aliphatic rings. The van der Waals surface area contributed by atoms with Gasteiger partial charge in [0.15, 0.2) is 0 Å². The van der Waals surface area contributed by atoms with Crippen LogP contribution in [0.3, 0.4) is 0 Å². The maximum absolute atomic E-state index is 12.1. The largest absolute Gasteiger partial charge is 0.481 e. The van der Waals surface area contributed by atoms with E-state index in [-0.39, 0.29) is 12.5 Å². The van der Waals surface area contributed by atoms with Gasteiger partial charge >= 0.3 is 0 Å². The third-order valence-electron chi connectivity index (χ3n) is 2.69. The Bertz CT molecular complexity index is 599. The minimum absolute atomic E-state index is 0.0323. The number of likely N-dealkylation sites (N-methyl/N-ethyl adjacent to an activating group) is 1. The van der Waals surface area contributed by atoms with Crippen molar-refractivity contribution in [2.45, 2.75) is 6.92 Å². The van der Waals surface area contributed by atoms with Crippen molar-refractivity contribution in [2.75, 3.05) is 13.2 Å². The van der Waals surface area contributed by atoms with Gasteiger partial charge in [-0.05, 0) is 30.7 Å². The molecule has 5 heteroatoms. The monoisotopic (exact) mass is 303 g/mol. The van der Waals surface area contributed by atoms with Gasteiger partial charge < -0.3 is 4.74 Å². The first-order chi connectivity index (χ1) is 9.65. The van der Waals surface area contributed by atoms with Crippen LogP contribution >= 0.6 is 24.0 Å². The molecule has 0 unspecified atom stereocenters. The van der Waals surface area contributed by atoms with E-state index in [1.165, 1.54) is 11.8 Å². The lowest BCUT2D eigenvalue weighted by Gasteiger charge is -2.09. The first kappa shape index (κ1) is 14.6. The van der Waals surface area contributed by atoms with Crippen molar-refractivity contribution in [1.82, 2.24) is 4.90 Å². The molecule has 0 N–H and O–H groups in total. The standard InChI is InChI=1S/C15H13NO2S2/c1-3-9-18-12-7-5-11(6-8-12)10-13-14(17)16(4-2)15(19)20-13/h1,5-8,10H,4,9H2,2H3. The molecule has 0 saturated carbocycles. The highest BCUT2D eigenvalue weighted by atomic mass is 32.2. The first-order valence-electron chi connectivity index (χ1n) is 6.07. The van der Waals surface area contributed by atoms with Gasteiger partial charge in [-0.3, -0.25) is 9.69 Å². The highest BCUT2D eigenvalue weighted by Crippen LogP contribution is 2.32. The fourth-order valence-corrected chi connectivity index (χ4v) is 3.09. The van der Waals surface area contributed by atoms with E-state index < -0.39 is 0 Å². The molecule has 1 fully saturated rings. The summed E-state index contributed by atoms with van der Waals surface area (Å²) in [5.41, 5.74) is 0.926. The lowest BCUT2D eigenvalue weighted by molar-refractivity contribution is -0.121. The summed E-state index contributed by atoms with van der Waals surface area (Å²) in [6.45, 7) is 2.75. The van der Waals surface area contributed by atoms with Crippen molar-refractivity contribution in [1.29, 1.82) is 0 Å². The van der Waals surface area contributed by atoms with Crippen LogP contribution in [0.5, 0.6) is 5.75 Å². The van der Waals surface area contributed by atoms with Gasteiger partial charge in [-0.15, -0.1) is 6.42 Å². The van der Waals surface area contributed by atoms with E-state index in [9.17, 15) is 4.79 Å². The van der Waals surface area contributed by atoms with Gasteiger partial charge in [0.2, 0.25) is 0 Å². The molecule has 2 rings (SSSR count). The normalized spacial score (nSPS) is 16.6. The van der Waals surface area contributed by atoms with E-state index in [0.717, 1.165) is 5.56 Å². The number of thiocarbonyl (C=S) groups is 1. The number of terminal acetylenes is 1. The van der Waals surface area contributed by atoms with Crippen LogP contribution in [0.1, 0.15) is 12.5 Å². The molecule has 0 atom stereocenters. The molecule has 3 nitrogen and oxygen atoms in total. The molecular formula is C15H13NO2S2. The molecule has 1 amide bonds. The van der Waals surface area contributed by atoms with Crippen LogP contribution in [0.25, 0.3) is 6.08 Å². The Kier molecular flexibility index (Phi) is 4.83. The lowest BCUT2D eigenvalue weighted by Crippen LogP contribution is -2.27. The Balaban J connectivity index is 2.14. The minimum Gasteiger partial charge on any atom is -0.481 e. The second-order valence-corrected chi connectivity index (χ2v) is 5.66. The molecule has 0 bridgehead atoms. The summed E-state index contributed by atoms with van der Waals surface area (Å²) in [7, 11) is 0. The van der Waals surface area contributed by atoms with Gasteiger partial charge in [-0.2, -0.15) is 0 Å². The second-order valence-electron chi connectivity index (χ2n) is 3.99. The van der Waals surface area contributed by atoms with Crippen molar-refractivity contribution in [2.24, 2.45) is 0 Å². The SMILES string of the molecule is C#CCOc1ccc(C=C2SC(=S)N(CC)C2=O)cc1. The lowest BCUT2D eigenvalue weighted by atomic mass is 10.2. The van der Waals surface area contributed by atoms with Gasteiger partial charge in [0, 0.05) is 6.54 Å². The average Bonchev–Trinajstić information content (AvgIpc) is 2.72. The third-order valence-corrected chi connectivity index (χ3v) is 4.07. The molecule has 1 aliphatic heterocycles. The summed E-state index contributed by atoms with van der Waals surface area (Å²) in [5, 5.41) is 0. The minimum atomic E-state index is -0.0323. The molecule has 0 aromatic heterocycles. The summed E-state index contributed by atoms with van der Waals surface area (Å²) in [4.78, 5) is 14.3. The number of carbonyl (C=O) groups excluding carboxylic acids is 1. The van der Waals surface area contributed by atoms with Crippen LogP contribution in [-0.4, -0.2) is 28.3 Å². The summed E-state index contributed by atoms with van der Waals surface area (Å²) in [5.74, 6) is 3.09. The molecule has 1 aromatic carbocycles. The van der Waals surface area contributed by atoms with E-state index in [1.54, 1.807) is 4.90 Å². The maximum Gasteiger partial charge on any atom is 0.266 e. The Hall–Kier alpha value is -1.77. The number of thioether (sulfide) groups is 1. The zero-order chi connectivity index (χ0) is 14.5. The predicted molar refractivity (Wildman–Crippen MR) is 86.3 cm³/mol. The molecule has 1 saturated heterocycles. The van der Waals surface area contributed by atoms with Crippen molar-refractivity contribution < 1.29 is 9.53 Å². The molecule has 102 valence electrons. The van der Waals surface area contributed by atoms with Crippen LogP contribution in [0.4, 0.5) is 0 Å². The smallest absolute Gasteiger partial charge is 0.266 e. The Labute approximate surface area is 128 Å². The Morgan fingerprint density at radius 3 is 2.70 bits per heavy atom. The van der Waals surface area contributed by atoms with Crippen molar-refractivity contribution in [3.63, 3.8) is 0 Å². The van der Waals surface area contributed by atoms with E-state index in [4.69, 9.17) is 23.4 Å². The van der Waals surface area contributed by atoms with Gasteiger partial charge in [0.25, 0.3) is 5.91 Å². The quantitative estimate of drug-likeness (QED) is 0.486. The molecular weight excluding hydrogens is 290 g/mol. The van der Waals surface area contributed by atoms with Crippen LogP contribution < -0.4 is 4.74 Å². The predicted octanol–water partition coefficient (Wildman–Crippen LogP) is 2.92. The first-order valence-corrected chi connectivity index (χ1v) is 7.30. The molecule has 0 spiro atoms.